The van der Waals surface area contributed by atoms with Gasteiger partial charge in [0.15, 0.2) is 0 Å². The molecule has 3 heteroatoms. The Hall–Kier alpha value is -1.35. The lowest BCUT2D eigenvalue weighted by Crippen LogP contribution is -2.37. The zero-order valence-electron chi connectivity index (χ0n) is 13.4. The molecule has 1 aromatic carbocycles. The number of carboxylic acid groups (broad SMARTS) is 1. The summed E-state index contributed by atoms with van der Waals surface area (Å²) in [4.78, 5) is 11.4. The van der Waals surface area contributed by atoms with Gasteiger partial charge < -0.3 is 10.4 Å². The van der Waals surface area contributed by atoms with Crippen molar-refractivity contribution in [3.63, 3.8) is 0 Å². The second-order valence-electron chi connectivity index (χ2n) is 7.33. The van der Waals surface area contributed by atoms with E-state index < -0.39 is 12.0 Å². The number of nitrogens with one attached hydrogen (secondary N) is 1. The Bertz CT molecular complexity index is 502. The molecule has 1 aliphatic rings. The molecule has 0 spiro atoms. The molecule has 21 heavy (non-hydrogen) atoms. The summed E-state index contributed by atoms with van der Waals surface area (Å²) in [5.41, 5.74) is 4.26. The first-order valence-electron chi connectivity index (χ1n) is 7.92. The summed E-state index contributed by atoms with van der Waals surface area (Å²) < 4.78 is 0. The third-order valence-electron chi connectivity index (χ3n) is 4.20. The number of hydrogen-bond acceptors (Lipinski definition) is 2. The van der Waals surface area contributed by atoms with Gasteiger partial charge in [-0.15, -0.1) is 0 Å². The van der Waals surface area contributed by atoms with Crippen LogP contribution in [0.2, 0.25) is 0 Å². The molecule has 116 valence electrons. The lowest BCUT2D eigenvalue weighted by atomic mass is 9.88. The van der Waals surface area contributed by atoms with Crippen LogP contribution in [0.15, 0.2) is 18.2 Å². The van der Waals surface area contributed by atoms with Crippen LogP contribution < -0.4 is 5.32 Å². The molecule has 1 aliphatic carbocycles. The minimum atomic E-state index is -0.750. The maximum Gasteiger partial charge on any atom is 0.320 e. The van der Waals surface area contributed by atoms with Crippen LogP contribution in [0.4, 0.5) is 0 Å². The predicted octanol–water partition coefficient (Wildman–Crippen LogP) is 3.54. The highest BCUT2D eigenvalue weighted by molar-refractivity contribution is 5.73. The summed E-state index contributed by atoms with van der Waals surface area (Å²) >= 11 is 0. The van der Waals surface area contributed by atoms with Gasteiger partial charge in [0, 0.05) is 6.54 Å². The van der Waals surface area contributed by atoms with Crippen LogP contribution in [0.1, 0.15) is 56.7 Å². The maximum atomic E-state index is 11.4. The summed E-state index contributed by atoms with van der Waals surface area (Å²) in [6.07, 6.45) is 5.17. The third-order valence-corrected chi connectivity index (χ3v) is 4.20. The molecule has 1 unspecified atom stereocenters. The second-order valence-corrected chi connectivity index (χ2v) is 7.33. The number of fused-ring (bicyclic) bond motifs is 1. The van der Waals surface area contributed by atoms with E-state index in [2.05, 4.69) is 44.3 Å². The minimum Gasteiger partial charge on any atom is -0.480 e. The number of aliphatic carboxylic acids is 1. The maximum absolute atomic E-state index is 11.4. The largest absolute Gasteiger partial charge is 0.480 e. The topological polar surface area (TPSA) is 49.3 Å². The van der Waals surface area contributed by atoms with Crippen LogP contribution >= 0.6 is 0 Å². The molecule has 0 bridgehead atoms. The van der Waals surface area contributed by atoms with Crippen LogP contribution in [0.5, 0.6) is 0 Å². The molecule has 0 saturated heterocycles. The normalized spacial score (nSPS) is 15.8. The van der Waals surface area contributed by atoms with Gasteiger partial charge in [-0.25, -0.2) is 0 Å². The van der Waals surface area contributed by atoms with Gasteiger partial charge >= 0.3 is 5.97 Å². The first kappa shape index (κ1) is 16.0. The highest BCUT2D eigenvalue weighted by Crippen LogP contribution is 2.24. The fourth-order valence-corrected chi connectivity index (χ4v) is 2.87. The standard InChI is InChI=1S/C18H27NO2/c1-18(2,3)10-9-16(17(20)21)19-12-13-7-8-14-5-4-6-15(14)11-13/h7-8,11,16,19H,4-6,9-10,12H2,1-3H3,(H,20,21). The van der Waals surface area contributed by atoms with E-state index >= 15 is 0 Å². The van der Waals surface area contributed by atoms with Gasteiger partial charge in [0.2, 0.25) is 0 Å². The number of carboxylic acids is 1. The molecular formula is C18H27NO2. The third kappa shape index (κ3) is 4.85. The highest BCUT2D eigenvalue weighted by atomic mass is 16.4. The summed E-state index contributed by atoms with van der Waals surface area (Å²) in [5.74, 6) is -0.750. The molecule has 0 saturated carbocycles. The van der Waals surface area contributed by atoms with Crippen LogP contribution in [-0.4, -0.2) is 17.1 Å². The monoisotopic (exact) mass is 289 g/mol. The van der Waals surface area contributed by atoms with E-state index in [9.17, 15) is 9.90 Å². The van der Waals surface area contributed by atoms with E-state index in [4.69, 9.17) is 0 Å². The SMILES string of the molecule is CC(C)(C)CCC(NCc1ccc2c(c1)CCC2)C(=O)O. The van der Waals surface area contributed by atoms with E-state index in [1.807, 2.05) is 0 Å². The Morgan fingerprint density at radius 2 is 2.00 bits per heavy atom. The zero-order valence-corrected chi connectivity index (χ0v) is 13.4. The van der Waals surface area contributed by atoms with Gasteiger partial charge in [-0.1, -0.05) is 39.0 Å². The number of aryl methyl sites for hydroxylation is 2. The summed E-state index contributed by atoms with van der Waals surface area (Å²) in [6, 6.07) is 6.10. The van der Waals surface area contributed by atoms with Crippen molar-refractivity contribution in [1.29, 1.82) is 0 Å². The van der Waals surface area contributed by atoms with E-state index in [0.29, 0.717) is 13.0 Å². The van der Waals surface area contributed by atoms with Crippen LogP contribution in [0.3, 0.4) is 0 Å². The van der Waals surface area contributed by atoms with Gasteiger partial charge in [0.25, 0.3) is 0 Å². The molecular weight excluding hydrogens is 262 g/mol. The smallest absolute Gasteiger partial charge is 0.320 e. The molecule has 0 heterocycles. The van der Waals surface area contributed by atoms with E-state index in [1.165, 1.54) is 29.5 Å². The average molecular weight is 289 g/mol. The van der Waals surface area contributed by atoms with E-state index in [-0.39, 0.29) is 5.41 Å². The molecule has 2 rings (SSSR count). The average Bonchev–Trinajstić information content (AvgIpc) is 2.84. The molecule has 1 atom stereocenters. The lowest BCUT2D eigenvalue weighted by Gasteiger charge is -2.21. The Morgan fingerprint density at radius 1 is 1.29 bits per heavy atom. The highest BCUT2D eigenvalue weighted by Gasteiger charge is 2.20. The molecule has 0 radical (unpaired) electrons. The van der Waals surface area contributed by atoms with Gasteiger partial charge in [-0.05, 0) is 54.2 Å². The first-order valence-corrected chi connectivity index (χ1v) is 7.92. The van der Waals surface area contributed by atoms with Gasteiger partial charge in [-0.2, -0.15) is 0 Å². The molecule has 0 aromatic heterocycles. The van der Waals surface area contributed by atoms with Gasteiger partial charge in [-0.3, -0.25) is 4.79 Å². The van der Waals surface area contributed by atoms with Gasteiger partial charge in [0.05, 0.1) is 0 Å². The molecule has 2 N–H and O–H groups in total. The Labute approximate surface area is 127 Å². The van der Waals surface area contributed by atoms with Crippen molar-refractivity contribution >= 4 is 5.97 Å². The lowest BCUT2D eigenvalue weighted by molar-refractivity contribution is -0.139. The van der Waals surface area contributed by atoms with Crippen molar-refractivity contribution in [2.75, 3.05) is 0 Å². The molecule has 3 nitrogen and oxygen atoms in total. The number of hydrogen-bond donors (Lipinski definition) is 2. The molecule has 0 amide bonds. The van der Waals surface area contributed by atoms with Crippen molar-refractivity contribution < 1.29 is 9.90 Å². The Balaban J connectivity index is 1.91. The Morgan fingerprint density at radius 3 is 2.67 bits per heavy atom. The summed E-state index contributed by atoms with van der Waals surface area (Å²) in [5, 5.41) is 12.5. The molecule has 0 aliphatic heterocycles. The molecule has 1 aromatic rings. The first-order chi connectivity index (χ1) is 9.85. The Kier molecular flexibility index (Phi) is 5.04. The number of rotatable bonds is 6. The minimum absolute atomic E-state index is 0.170. The number of carbonyl (C=O) groups is 1. The van der Waals surface area contributed by atoms with E-state index in [0.717, 1.165) is 12.8 Å². The summed E-state index contributed by atoms with van der Waals surface area (Å²) in [6.45, 7) is 7.07. The zero-order chi connectivity index (χ0) is 15.5. The van der Waals surface area contributed by atoms with Crippen molar-refractivity contribution in [2.24, 2.45) is 5.41 Å². The van der Waals surface area contributed by atoms with Gasteiger partial charge in [0.1, 0.15) is 6.04 Å². The van der Waals surface area contributed by atoms with E-state index in [1.54, 1.807) is 0 Å². The van der Waals surface area contributed by atoms with Crippen LogP contribution in [-0.2, 0) is 24.2 Å². The fourth-order valence-electron chi connectivity index (χ4n) is 2.87. The second kappa shape index (κ2) is 6.61. The van der Waals surface area contributed by atoms with Crippen molar-refractivity contribution in [3.05, 3.63) is 34.9 Å². The van der Waals surface area contributed by atoms with Crippen LogP contribution in [0.25, 0.3) is 0 Å². The van der Waals surface area contributed by atoms with Crippen molar-refractivity contribution in [1.82, 2.24) is 5.32 Å². The predicted molar refractivity (Wildman–Crippen MR) is 85.4 cm³/mol. The fraction of sp³-hybridized carbons (Fsp3) is 0.611. The van der Waals surface area contributed by atoms with Crippen molar-refractivity contribution in [3.8, 4) is 0 Å². The van der Waals surface area contributed by atoms with Crippen molar-refractivity contribution in [2.45, 2.75) is 65.5 Å². The quantitative estimate of drug-likeness (QED) is 0.842. The molecule has 0 fully saturated rings. The number of benzene rings is 1. The summed E-state index contributed by atoms with van der Waals surface area (Å²) in [7, 11) is 0. The van der Waals surface area contributed by atoms with Crippen LogP contribution in [0, 0.1) is 5.41 Å².